The van der Waals surface area contributed by atoms with Gasteiger partial charge in [0, 0.05) is 17.7 Å². The molecule has 1 amide bonds. The fourth-order valence-corrected chi connectivity index (χ4v) is 5.61. The summed E-state index contributed by atoms with van der Waals surface area (Å²) in [5, 5.41) is 13.4. The van der Waals surface area contributed by atoms with Crippen molar-refractivity contribution in [2.75, 3.05) is 5.32 Å². The molecule has 4 rings (SSSR count). The van der Waals surface area contributed by atoms with E-state index in [2.05, 4.69) is 15.3 Å². The van der Waals surface area contributed by atoms with Crippen LogP contribution in [0.2, 0.25) is 0 Å². The summed E-state index contributed by atoms with van der Waals surface area (Å²) in [7, 11) is -3.91. The molecular weight excluding hydrogens is 436 g/mol. The second-order valence-electron chi connectivity index (χ2n) is 5.73. The topological polar surface area (TPSA) is 132 Å². The summed E-state index contributed by atoms with van der Waals surface area (Å²) in [4.78, 5) is 30.6. The van der Waals surface area contributed by atoms with Crippen molar-refractivity contribution >= 4 is 59.5 Å². The number of nitrogens with one attached hydrogen (secondary N) is 1. The van der Waals surface area contributed by atoms with Crippen LogP contribution in [0.1, 0.15) is 10.4 Å². The molecule has 12 heteroatoms. The molecule has 2 aromatic heterocycles. The molecule has 0 saturated heterocycles. The van der Waals surface area contributed by atoms with Crippen molar-refractivity contribution in [2.24, 2.45) is 0 Å². The molecule has 146 valence electrons. The molecule has 0 radical (unpaired) electrons. The average molecular weight is 446 g/mol. The molecule has 9 nitrogen and oxygen atoms in total. The minimum absolute atomic E-state index is 0.0837. The predicted octanol–water partition coefficient (Wildman–Crippen LogP) is 3.75. The molecule has 29 heavy (non-hydrogen) atoms. The summed E-state index contributed by atoms with van der Waals surface area (Å²) in [6.07, 6.45) is 1.14. The van der Waals surface area contributed by atoms with Crippen LogP contribution in [0.15, 0.2) is 63.3 Å². The molecule has 0 aliphatic rings. The van der Waals surface area contributed by atoms with Gasteiger partial charge in [0.05, 0.1) is 31.7 Å². The molecule has 0 aliphatic heterocycles. The highest BCUT2D eigenvalue weighted by Crippen LogP contribution is 2.30. The van der Waals surface area contributed by atoms with Crippen LogP contribution in [0.5, 0.6) is 0 Å². The lowest BCUT2D eigenvalue weighted by Gasteiger charge is -2.02. The Bertz CT molecular complexity index is 1340. The van der Waals surface area contributed by atoms with Gasteiger partial charge in [0.15, 0.2) is 5.13 Å². The molecule has 0 unspecified atom stereocenters. The number of non-ortho nitro benzene ring substituents is 1. The summed E-state index contributed by atoms with van der Waals surface area (Å²) >= 11 is 2.21. The number of benzene rings is 2. The number of thiazole rings is 2. The Morgan fingerprint density at radius 3 is 2.59 bits per heavy atom. The lowest BCUT2D eigenvalue weighted by molar-refractivity contribution is -0.384. The fraction of sp³-hybridized carbons (Fsp3) is 0. The Balaban J connectivity index is 1.55. The number of anilines is 1. The summed E-state index contributed by atoms with van der Waals surface area (Å²) in [5.41, 5.74) is 2.66. The van der Waals surface area contributed by atoms with Gasteiger partial charge in [-0.25, -0.2) is 18.4 Å². The molecule has 0 fully saturated rings. The van der Waals surface area contributed by atoms with Crippen LogP contribution in [0, 0.1) is 10.1 Å². The van der Waals surface area contributed by atoms with Crippen molar-refractivity contribution in [2.45, 2.75) is 9.10 Å². The number of nitro groups is 1. The van der Waals surface area contributed by atoms with E-state index in [1.54, 1.807) is 23.7 Å². The van der Waals surface area contributed by atoms with Gasteiger partial charge in [-0.15, -0.1) is 11.3 Å². The zero-order valence-corrected chi connectivity index (χ0v) is 16.8. The largest absolute Gasteiger partial charge is 0.298 e. The first kappa shape index (κ1) is 19.1. The van der Waals surface area contributed by atoms with Gasteiger partial charge in [0.2, 0.25) is 9.84 Å². The predicted molar refractivity (Wildman–Crippen MR) is 108 cm³/mol. The van der Waals surface area contributed by atoms with Gasteiger partial charge >= 0.3 is 0 Å². The molecule has 0 saturated carbocycles. The quantitative estimate of drug-likeness (QED) is 0.365. The van der Waals surface area contributed by atoms with Crippen LogP contribution in [0.3, 0.4) is 0 Å². The monoisotopic (exact) mass is 446 g/mol. The Kier molecular flexibility index (Phi) is 4.82. The van der Waals surface area contributed by atoms with Crippen molar-refractivity contribution in [3.05, 3.63) is 69.8 Å². The number of amides is 1. The highest BCUT2D eigenvalue weighted by molar-refractivity contribution is 7.93. The smallest absolute Gasteiger partial charge is 0.269 e. The Morgan fingerprint density at radius 2 is 1.86 bits per heavy atom. The normalized spacial score (nSPS) is 11.4. The first-order valence-corrected chi connectivity index (χ1v) is 11.1. The van der Waals surface area contributed by atoms with Gasteiger partial charge in [0.25, 0.3) is 11.6 Å². The molecule has 1 N–H and O–H groups in total. The van der Waals surface area contributed by atoms with Crippen LogP contribution in [0.4, 0.5) is 10.8 Å². The number of hydrogen-bond acceptors (Lipinski definition) is 9. The van der Waals surface area contributed by atoms with Crippen LogP contribution in [0.25, 0.3) is 10.2 Å². The highest BCUT2D eigenvalue weighted by Gasteiger charge is 2.22. The Morgan fingerprint density at radius 1 is 1.10 bits per heavy atom. The van der Waals surface area contributed by atoms with E-state index in [9.17, 15) is 23.3 Å². The van der Waals surface area contributed by atoms with Crippen molar-refractivity contribution in [3.63, 3.8) is 0 Å². The number of rotatable bonds is 5. The van der Waals surface area contributed by atoms with Gasteiger partial charge in [-0.2, -0.15) is 0 Å². The standard InChI is InChI=1S/C17H10N4O5S3/c22-16(10-1-6-13-14(7-10)27-9-19-13)20-17-18-8-15(28-17)29(25,26)12-4-2-11(3-5-12)21(23)24/h1-9H,(H,18,20,22). The van der Waals surface area contributed by atoms with Crippen LogP contribution in [-0.4, -0.2) is 29.2 Å². The third-order valence-electron chi connectivity index (χ3n) is 3.92. The molecule has 0 atom stereocenters. The van der Waals surface area contributed by atoms with E-state index >= 15 is 0 Å². The average Bonchev–Trinajstić information content (AvgIpc) is 3.37. The number of carbonyl (C=O) groups is 1. The van der Waals surface area contributed by atoms with Gasteiger partial charge in [0.1, 0.15) is 4.21 Å². The van der Waals surface area contributed by atoms with Crippen molar-refractivity contribution in [1.29, 1.82) is 0 Å². The first-order valence-electron chi connectivity index (χ1n) is 7.94. The van der Waals surface area contributed by atoms with Crippen molar-refractivity contribution < 1.29 is 18.1 Å². The summed E-state index contributed by atoms with van der Waals surface area (Å²) in [5.74, 6) is -0.422. The molecule has 0 aliphatic carbocycles. The zero-order valence-electron chi connectivity index (χ0n) is 14.3. The minimum atomic E-state index is -3.91. The van der Waals surface area contributed by atoms with E-state index in [0.29, 0.717) is 5.56 Å². The maximum absolute atomic E-state index is 12.7. The molecule has 0 bridgehead atoms. The zero-order chi connectivity index (χ0) is 20.6. The summed E-state index contributed by atoms with van der Waals surface area (Å²) < 4.78 is 26.1. The van der Waals surface area contributed by atoms with Gasteiger partial charge in [-0.05, 0) is 30.3 Å². The minimum Gasteiger partial charge on any atom is -0.298 e. The number of fused-ring (bicyclic) bond motifs is 1. The molecule has 4 aromatic rings. The molecule has 2 aromatic carbocycles. The molecule has 2 heterocycles. The maximum atomic E-state index is 12.7. The van der Waals surface area contributed by atoms with E-state index in [4.69, 9.17) is 0 Å². The third-order valence-corrected chi connectivity index (χ3v) is 7.86. The summed E-state index contributed by atoms with van der Waals surface area (Å²) in [6, 6.07) is 9.61. The number of hydrogen-bond donors (Lipinski definition) is 1. The second-order valence-corrected chi connectivity index (χ2v) is 9.82. The lowest BCUT2D eigenvalue weighted by Crippen LogP contribution is -2.11. The highest BCUT2D eigenvalue weighted by atomic mass is 32.2. The first-order chi connectivity index (χ1) is 13.8. The van der Waals surface area contributed by atoms with E-state index < -0.39 is 20.7 Å². The third kappa shape index (κ3) is 3.72. The molecule has 0 spiro atoms. The van der Waals surface area contributed by atoms with Crippen LogP contribution < -0.4 is 5.32 Å². The summed E-state index contributed by atoms with van der Waals surface area (Å²) in [6.45, 7) is 0. The van der Waals surface area contributed by atoms with Crippen molar-refractivity contribution in [1.82, 2.24) is 9.97 Å². The number of nitrogens with zero attached hydrogens (tertiary/aromatic N) is 3. The van der Waals surface area contributed by atoms with Crippen LogP contribution in [-0.2, 0) is 9.84 Å². The molecular formula is C17H10N4O5S3. The SMILES string of the molecule is O=C(Nc1ncc(S(=O)(=O)c2ccc([N+](=O)[O-])cc2)s1)c1ccc2ncsc2c1. The van der Waals surface area contributed by atoms with Gasteiger partial charge in [-0.1, -0.05) is 11.3 Å². The van der Waals surface area contributed by atoms with Gasteiger partial charge in [-0.3, -0.25) is 20.2 Å². The number of nitro benzene ring substituents is 1. The number of aromatic nitrogens is 2. The number of carbonyl (C=O) groups excluding carboxylic acids is 1. The van der Waals surface area contributed by atoms with Gasteiger partial charge < -0.3 is 0 Å². The van der Waals surface area contributed by atoms with E-state index in [1.807, 2.05) is 0 Å². The fourth-order valence-electron chi connectivity index (χ4n) is 2.47. The van der Waals surface area contributed by atoms with E-state index in [1.165, 1.54) is 11.3 Å². The lowest BCUT2D eigenvalue weighted by atomic mass is 10.2. The second kappa shape index (κ2) is 7.31. The van der Waals surface area contributed by atoms with E-state index in [-0.39, 0.29) is 19.9 Å². The Labute approximate surface area is 171 Å². The number of sulfone groups is 1. The Hall–Kier alpha value is -3.22. The van der Waals surface area contributed by atoms with E-state index in [0.717, 1.165) is 52.0 Å². The van der Waals surface area contributed by atoms with Crippen LogP contribution >= 0.6 is 22.7 Å². The van der Waals surface area contributed by atoms with Crippen molar-refractivity contribution in [3.8, 4) is 0 Å². The maximum Gasteiger partial charge on any atom is 0.269 e.